The maximum atomic E-state index is 13.2. The molecule has 0 radical (unpaired) electrons. The zero-order valence-corrected chi connectivity index (χ0v) is 18.3. The van der Waals surface area contributed by atoms with Crippen LogP contribution < -0.4 is 10.1 Å². The molecule has 6 heteroatoms. The van der Waals surface area contributed by atoms with E-state index in [-0.39, 0.29) is 12.4 Å². The quantitative estimate of drug-likeness (QED) is 0.662. The molecule has 4 rings (SSSR count). The molecule has 31 heavy (non-hydrogen) atoms. The minimum Gasteiger partial charge on any atom is -0.497 e. The molecular formula is C25H24ClNO4. The lowest BCUT2D eigenvalue weighted by Gasteiger charge is -2.34. The third-order valence-electron chi connectivity index (χ3n) is 5.73. The van der Waals surface area contributed by atoms with Gasteiger partial charge in [-0.1, -0.05) is 35.9 Å². The van der Waals surface area contributed by atoms with E-state index in [1.807, 2.05) is 43.3 Å². The standard InChI is InChI=1S/C25H24ClNO4/c1-15-22(25(29)31-14-16-6-12-19(30-2)13-7-16)23(17-8-10-18(26)11-9-17)24-20(27-15)4-3-5-21(24)28/h6-13,23,27H,3-5,14H2,1-2H3/t23-/m1/s1. The van der Waals surface area contributed by atoms with Crippen LogP contribution in [-0.2, 0) is 20.9 Å². The number of benzene rings is 2. The SMILES string of the molecule is COc1ccc(COC(=O)C2=C(C)NC3=C(C(=O)CCC3)[C@@H]2c2ccc(Cl)cc2)cc1. The maximum Gasteiger partial charge on any atom is 0.337 e. The fourth-order valence-electron chi connectivity index (χ4n) is 4.19. The summed E-state index contributed by atoms with van der Waals surface area (Å²) in [5.74, 6) is -0.0970. The summed E-state index contributed by atoms with van der Waals surface area (Å²) in [6.45, 7) is 1.99. The van der Waals surface area contributed by atoms with Gasteiger partial charge in [0.05, 0.1) is 12.7 Å². The van der Waals surface area contributed by atoms with Gasteiger partial charge in [0.25, 0.3) is 0 Å². The Morgan fingerprint density at radius 1 is 1.10 bits per heavy atom. The van der Waals surface area contributed by atoms with Crippen molar-refractivity contribution in [2.75, 3.05) is 7.11 Å². The Morgan fingerprint density at radius 3 is 2.48 bits per heavy atom. The van der Waals surface area contributed by atoms with E-state index in [1.54, 1.807) is 19.2 Å². The second-order valence-corrected chi connectivity index (χ2v) is 8.18. The van der Waals surface area contributed by atoms with Crippen molar-refractivity contribution < 1.29 is 19.1 Å². The Balaban J connectivity index is 1.65. The number of carbonyl (C=O) groups excluding carboxylic acids is 2. The number of methoxy groups -OCH3 is 1. The van der Waals surface area contributed by atoms with Gasteiger partial charge in [0, 0.05) is 34.3 Å². The number of carbonyl (C=O) groups is 2. The molecule has 1 aliphatic heterocycles. The number of hydrogen-bond acceptors (Lipinski definition) is 5. The van der Waals surface area contributed by atoms with Gasteiger partial charge >= 0.3 is 5.97 Å². The van der Waals surface area contributed by atoms with E-state index in [1.165, 1.54) is 0 Å². The minimum absolute atomic E-state index is 0.0710. The first-order valence-electron chi connectivity index (χ1n) is 10.3. The van der Waals surface area contributed by atoms with Crippen LogP contribution in [0.2, 0.25) is 5.02 Å². The van der Waals surface area contributed by atoms with Crippen molar-refractivity contribution in [2.24, 2.45) is 0 Å². The summed E-state index contributed by atoms with van der Waals surface area (Å²) in [7, 11) is 1.60. The van der Waals surface area contributed by atoms with Crippen molar-refractivity contribution in [2.45, 2.75) is 38.7 Å². The first-order valence-corrected chi connectivity index (χ1v) is 10.6. The van der Waals surface area contributed by atoms with Crippen LogP contribution in [-0.4, -0.2) is 18.9 Å². The highest BCUT2D eigenvalue weighted by Crippen LogP contribution is 2.42. The van der Waals surface area contributed by atoms with Gasteiger partial charge in [-0.05, 0) is 55.2 Å². The van der Waals surface area contributed by atoms with Crippen molar-refractivity contribution in [3.63, 3.8) is 0 Å². The molecule has 0 saturated heterocycles. The maximum absolute atomic E-state index is 13.2. The third-order valence-corrected chi connectivity index (χ3v) is 5.98. The zero-order chi connectivity index (χ0) is 22.0. The summed E-state index contributed by atoms with van der Waals surface area (Å²) in [5.41, 5.74) is 4.45. The molecule has 1 atom stereocenters. The third kappa shape index (κ3) is 4.37. The smallest absolute Gasteiger partial charge is 0.337 e. The van der Waals surface area contributed by atoms with Crippen LogP contribution in [0, 0.1) is 0 Å². The molecule has 5 nitrogen and oxygen atoms in total. The molecule has 1 heterocycles. The van der Waals surface area contributed by atoms with Crippen LogP contribution in [0.15, 0.2) is 71.1 Å². The Bertz CT molecular complexity index is 1070. The number of ether oxygens (including phenoxy) is 2. The van der Waals surface area contributed by atoms with E-state index in [0.717, 1.165) is 35.4 Å². The molecule has 1 aliphatic carbocycles. The molecular weight excluding hydrogens is 414 g/mol. The average Bonchev–Trinajstić information content (AvgIpc) is 2.77. The van der Waals surface area contributed by atoms with Gasteiger partial charge in [-0.2, -0.15) is 0 Å². The highest BCUT2D eigenvalue weighted by atomic mass is 35.5. The molecule has 0 spiro atoms. The van der Waals surface area contributed by atoms with Gasteiger partial charge in [0.2, 0.25) is 0 Å². The van der Waals surface area contributed by atoms with Gasteiger partial charge < -0.3 is 14.8 Å². The van der Waals surface area contributed by atoms with Crippen LogP contribution in [0.1, 0.15) is 43.2 Å². The summed E-state index contributed by atoms with van der Waals surface area (Å²) >= 11 is 6.08. The predicted octanol–water partition coefficient (Wildman–Crippen LogP) is 5.06. The second kappa shape index (κ2) is 8.98. The van der Waals surface area contributed by atoms with Crippen LogP contribution in [0.25, 0.3) is 0 Å². The first kappa shape index (κ1) is 21.2. The average molecular weight is 438 g/mol. The number of esters is 1. The number of halogens is 1. The van der Waals surface area contributed by atoms with Crippen LogP contribution in [0.3, 0.4) is 0 Å². The summed E-state index contributed by atoms with van der Waals surface area (Å²) in [6, 6.07) is 14.7. The van der Waals surface area contributed by atoms with Crippen LogP contribution in [0.5, 0.6) is 5.75 Å². The van der Waals surface area contributed by atoms with Gasteiger partial charge in [0.15, 0.2) is 5.78 Å². The number of allylic oxidation sites excluding steroid dienone is 3. The number of nitrogens with one attached hydrogen (secondary N) is 1. The molecule has 0 amide bonds. The number of ketones is 1. The molecule has 0 bridgehead atoms. The Kier molecular flexibility index (Phi) is 6.14. The molecule has 1 N–H and O–H groups in total. The van der Waals surface area contributed by atoms with Crippen molar-refractivity contribution in [1.82, 2.24) is 5.32 Å². The molecule has 2 aromatic carbocycles. The fourth-order valence-corrected chi connectivity index (χ4v) is 4.32. The van der Waals surface area contributed by atoms with E-state index in [4.69, 9.17) is 21.1 Å². The van der Waals surface area contributed by atoms with Crippen molar-refractivity contribution >= 4 is 23.4 Å². The van der Waals surface area contributed by atoms with Gasteiger partial charge in [0.1, 0.15) is 12.4 Å². The Morgan fingerprint density at radius 2 is 1.81 bits per heavy atom. The molecule has 0 saturated carbocycles. The number of hydrogen-bond donors (Lipinski definition) is 1. The van der Waals surface area contributed by atoms with Gasteiger partial charge in [-0.25, -0.2) is 4.79 Å². The highest BCUT2D eigenvalue weighted by Gasteiger charge is 2.39. The monoisotopic (exact) mass is 437 g/mol. The molecule has 0 aromatic heterocycles. The van der Waals surface area contributed by atoms with Crippen molar-refractivity contribution in [3.8, 4) is 5.75 Å². The first-order chi connectivity index (χ1) is 15.0. The lowest BCUT2D eigenvalue weighted by atomic mass is 9.75. The second-order valence-electron chi connectivity index (χ2n) is 7.74. The zero-order valence-electron chi connectivity index (χ0n) is 17.5. The van der Waals surface area contributed by atoms with E-state index in [0.29, 0.717) is 28.3 Å². The van der Waals surface area contributed by atoms with E-state index >= 15 is 0 Å². The normalized spacial score (nSPS) is 18.4. The van der Waals surface area contributed by atoms with E-state index in [2.05, 4.69) is 5.32 Å². The largest absolute Gasteiger partial charge is 0.497 e. The van der Waals surface area contributed by atoms with Gasteiger partial charge in [-0.15, -0.1) is 0 Å². The van der Waals surface area contributed by atoms with Crippen LogP contribution >= 0.6 is 11.6 Å². The predicted molar refractivity (Wildman–Crippen MR) is 119 cm³/mol. The molecule has 160 valence electrons. The summed E-state index contributed by atoms with van der Waals surface area (Å²) in [6.07, 6.45) is 2.08. The summed E-state index contributed by atoms with van der Waals surface area (Å²) < 4.78 is 10.8. The van der Waals surface area contributed by atoms with Gasteiger partial charge in [-0.3, -0.25) is 4.79 Å². The lowest BCUT2D eigenvalue weighted by Crippen LogP contribution is -2.34. The summed E-state index contributed by atoms with van der Waals surface area (Å²) in [4.78, 5) is 26.1. The lowest BCUT2D eigenvalue weighted by molar-refractivity contribution is -0.140. The molecule has 2 aromatic rings. The molecule has 2 aliphatic rings. The molecule has 0 unspecified atom stereocenters. The topological polar surface area (TPSA) is 64.6 Å². The number of Topliss-reactive ketones (excluding diaryl/α,β-unsaturated/α-hetero) is 1. The Hall–Kier alpha value is -3.05. The number of dihydropyridines is 1. The highest BCUT2D eigenvalue weighted by molar-refractivity contribution is 6.30. The van der Waals surface area contributed by atoms with Crippen molar-refractivity contribution in [3.05, 3.63) is 87.2 Å². The van der Waals surface area contributed by atoms with E-state index in [9.17, 15) is 9.59 Å². The summed E-state index contributed by atoms with van der Waals surface area (Å²) in [5, 5.41) is 3.90. The minimum atomic E-state index is -0.468. The number of rotatable bonds is 5. The fraction of sp³-hybridized carbons (Fsp3) is 0.280. The van der Waals surface area contributed by atoms with Crippen LogP contribution in [0.4, 0.5) is 0 Å². The Labute approximate surface area is 186 Å². The molecule has 0 fully saturated rings. The van der Waals surface area contributed by atoms with Crippen molar-refractivity contribution in [1.29, 1.82) is 0 Å². The van der Waals surface area contributed by atoms with E-state index < -0.39 is 11.9 Å².